The normalized spacial score (nSPS) is 17.5. The van der Waals surface area contributed by atoms with Crippen LogP contribution >= 0.6 is 0 Å². The van der Waals surface area contributed by atoms with Crippen molar-refractivity contribution >= 4 is 0 Å². The summed E-state index contributed by atoms with van der Waals surface area (Å²) in [4.78, 5) is 2.22. The Morgan fingerprint density at radius 2 is 0.951 bits per heavy atom. The van der Waals surface area contributed by atoms with E-state index in [1.165, 1.54) is 128 Å². The Kier molecular flexibility index (Phi) is 25.5. The summed E-state index contributed by atoms with van der Waals surface area (Å²) >= 11 is 0. The van der Waals surface area contributed by atoms with Gasteiger partial charge < -0.3 is 14.4 Å². The molecule has 0 spiro atoms. The van der Waals surface area contributed by atoms with Gasteiger partial charge in [0, 0.05) is 19.4 Å². The molecule has 41 heavy (non-hydrogen) atoms. The van der Waals surface area contributed by atoms with Gasteiger partial charge >= 0.3 is 0 Å². The maximum atomic E-state index is 6.59. The third kappa shape index (κ3) is 23.0. The molecule has 0 radical (unpaired) electrons. The molecule has 0 aromatic heterocycles. The molecule has 1 aliphatic rings. The van der Waals surface area contributed by atoms with Crippen molar-refractivity contribution in [3.63, 3.8) is 0 Å². The summed E-state index contributed by atoms with van der Waals surface area (Å²) in [7, 11) is 4.25. The summed E-state index contributed by atoms with van der Waals surface area (Å²) in [6.07, 6.45) is 46.2. The molecule has 0 saturated carbocycles. The van der Waals surface area contributed by atoms with E-state index in [-0.39, 0.29) is 11.9 Å². The van der Waals surface area contributed by atoms with Crippen LogP contribution in [0.4, 0.5) is 0 Å². The molecule has 0 bridgehead atoms. The number of unbranched alkanes of at least 4 members (excludes halogenated alkanes) is 16. The molecule has 1 rings (SSSR count). The van der Waals surface area contributed by atoms with Gasteiger partial charge in [-0.25, -0.2) is 0 Å². The average molecular weight is 572 g/mol. The zero-order chi connectivity index (χ0) is 29.7. The van der Waals surface area contributed by atoms with Crippen LogP contribution in [0.2, 0.25) is 0 Å². The molecule has 0 aliphatic carbocycles. The van der Waals surface area contributed by atoms with E-state index < -0.39 is 0 Å². The Morgan fingerprint density at radius 1 is 0.561 bits per heavy atom. The van der Waals surface area contributed by atoms with Gasteiger partial charge in [0.1, 0.15) is 0 Å². The van der Waals surface area contributed by atoms with Crippen LogP contribution in [-0.4, -0.2) is 44.0 Å². The lowest BCUT2D eigenvalue weighted by Gasteiger charge is -2.29. The predicted octanol–water partition coefficient (Wildman–Crippen LogP) is 11.5. The fourth-order valence-electron chi connectivity index (χ4n) is 5.60. The molecule has 1 aliphatic heterocycles. The Labute approximate surface area is 256 Å². The zero-order valence-electron chi connectivity index (χ0n) is 27.9. The van der Waals surface area contributed by atoms with Gasteiger partial charge in [-0.15, -0.1) is 0 Å². The van der Waals surface area contributed by atoms with E-state index in [0.717, 1.165) is 26.0 Å². The number of likely N-dealkylation sites (N-methyl/N-ethyl adjacent to an activating group) is 1. The first-order valence-electron chi connectivity index (χ1n) is 17.7. The van der Waals surface area contributed by atoms with Crippen LogP contribution in [0.3, 0.4) is 0 Å². The smallest absolute Gasteiger partial charge is 0.168 e. The van der Waals surface area contributed by atoms with Gasteiger partial charge in [-0.3, -0.25) is 0 Å². The molecule has 1 heterocycles. The summed E-state index contributed by atoms with van der Waals surface area (Å²) in [6.45, 7) is 6.22. The first-order valence-corrected chi connectivity index (χ1v) is 17.7. The highest BCUT2D eigenvalue weighted by atomic mass is 16.7. The van der Waals surface area contributed by atoms with Crippen LogP contribution in [-0.2, 0) is 9.47 Å². The van der Waals surface area contributed by atoms with Gasteiger partial charge in [0.25, 0.3) is 0 Å². The van der Waals surface area contributed by atoms with E-state index in [0.29, 0.717) is 0 Å². The molecule has 3 nitrogen and oxygen atoms in total. The molecular weight excluding hydrogens is 502 g/mol. The molecule has 0 aromatic rings. The van der Waals surface area contributed by atoms with Gasteiger partial charge in [0.05, 0.1) is 12.7 Å². The summed E-state index contributed by atoms with van der Waals surface area (Å²) in [5.74, 6) is -0.334. The largest absolute Gasteiger partial charge is 0.347 e. The topological polar surface area (TPSA) is 21.7 Å². The minimum absolute atomic E-state index is 0.213. The minimum Gasteiger partial charge on any atom is -0.347 e. The molecule has 1 atom stereocenters. The van der Waals surface area contributed by atoms with Crippen molar-refractivity contribution in [2.75, 3.05) is 27.2 Å². The van der Waals surface area contributed by atoms with Gasteiger partial charge in [0.2, 0.25) is 0 Å². The van der Waals surface area contributed by atoms with E-state index in [1.807, 2.05) is 0 Å². The van der Waals surface area contributed by atoms with Crippen LogP contribution in [0.1, 0.15) is 155 Å². The Hall–Kier alpha value is -1.16. The number of hydrogen-bond acceptors (Lipinski definition) is 3. The maximum Gasteiger partial charge on any atom is 0.168 e. The summed E-state index contributed by atoms with van der Waals surface area (Å²) < 4.78 is 13.0. The molecule has 1 fully saturated rings. The highest BCUT2D eigenvalue weighted by Crippen LogP contribution is 2.35. The molecule has 0 amide bonds. The standard InChI is InChI=1S/C38H69NO2/c1-5-7-9-11-13-15-17-19-21-23-25-27-29-31-33-38(40-36-37(41-38)35-39(3)4)34-32-30-28-26-24-22-20-18-16-14-12-10-8-6-2/h13-20,37H,5-12,21-36H2,1-4H3/b15-13-,16-14-,19-17-,20-18-/t37-/m0/s1. The second-order valence-electron chi connectivity index (χ2n) is 12.5. The third-order valence-electron chi connectivity index (χ3n) is 8.05. The lowest BCUT2D eigenvalue weighted by Crippen LogP contribution is -2.33. The number of ether oxygens (including phenoxy) is 2. The lowest BCUT2D eigenvalue weighted by atomic mass is 9.99. The first-order chi connectivity index (χ1) is 20.1. The molecular formula is C38H69NO2. The van der Waals surface area contributed by atoms with E-state index >= 15 is 0 Å². The molecule has 0 aromatic carbocycles. The summed E-state index contributed by atoms with van der Waals surface area (Å²) in [6, 6.07) is 0. The number of nitrogens with zero attached hydrogens (tertiary/aromatic N) is 1. The maximum absolute atomic E-state index is 6.59. The van der Waals surface area contributed by atoms with E-state index in [9.17, 15) is 0 Å². The predicted molar refractivity (Wildman–Crippen MR) is 182 cm³/mol. The second-order valence-corrected chi connectivity index (χ2v) is 12.5. The van der Waals surface area contributed by atoms with Crippen molar-refractivity contribution in [3.05, 3.63) is 48.6 Å². The summed E-state index contributed by atoms with van der Waals surface area (Å²) in [5, 5.41) is 0. The second kappa shape index (κ2) is 27.7. The van der Waals surface area contributed by atoms with Crippen LogP contribution in [0.15, 0.2) is 48.6 Å². The third-order valence-corrected chi connectivity index (χ3v) is 8.05. The highest BCUT2D eigenvalue weighted by molar-refractivity contribution is 5.02. The fourth-order valence-corrected chi connectivity index (χ4v) is 5.60. The molecule has 0 N–H and O–H groups in total. The van der Waals surface area contributed by atoms with Crippen molar-refractivity contribution in [1.29, 1.82) is 0 Å². The van der Waals surface area contributed by atoms with Crippen molar-refractivity contribution in [3.8, 4) is 0 Å². The minimum atomic E-state index is -0.334. The Balaban J connectivity index is 2.19. The monoisotopic (exact) mass is 572 g/mol. The summed E-state index contributed by atoms with van der Waals surface area (Å²) in [5.41, 5.74) is 0. The van der Waals surface area contributed by atoms with Crippen molar-refractivity contribution in [2.45, 2.75) is 167 Å². The van der Waals surface area contributed by atoms with Crippen LogP contribution < -0.4 is 0 Å². The molecule has 0 unspecified atom stereocenters. The average Bonchev–Trinajstić information content (AvgIpc) is 3.35. The van der Waals surface area contributed by atoms with E-state index in [2.05, 4.69) is 81.5 Å². The molecule has 3 heteroatoms. The SMILES string of the molecule is CCCCC/C=C\C=C/CCCCCCCC1(CCCCCCC/C=C\C=C/CCCCC)OC[C@H](CN(C)C)O1. The number of rotatable bonds is 28. The van der Waals surface area contributed by atoms with Gasteiger partial charge in [-0.2, -0.15) is 0 Å². The highest BCUT2D eigenvalue weighted by Gasteiger charge is 2.40. The van der Waals surface area contributed by atoms with Gasteiger partial charge in [-0.05, 0) is 78.3 Å². The van der Waals surface area contributed by atoms with Crippen molar-refractivity contribution < 1.29 is 9.47 Å². The zero-order valence-corrected chi connectivity index (χ0v) is 27.9. The fraction of sp³-hybridized carbons (Fsp3) is 0.789. The van der Waals surface area contributed by atoms with Crippen molar-refractivity contribution in [1.82, 2.24) is 4.90 Å². The van der Waals surface area contributed by atoms with Crippen LogP contribution in [0.25, 0.3) is 0 Å². The number of hydrogen-bond donors (Lipinski definition) is 0. The first kappa shape index (κ1) is 37.9. The lowest BCUT2D eigenvalue weighted by molar-refractivity contribution is -0.180. The van der Waals surface area contributed by atoms with Crippen molar-refractivity contribution in [2.24, 2.45) is 0 Å². The van der Waals surface area contributed by atoms with Gasteiger partial charge in [-0.1, -0.05) is 127 Å². The number of allylic oxidation sites excluding steroid dienone is 8. The van der Waals surface area contributed by atoms with Gasteiger partial charge in [0.15, 0.2) is 5.79 Å². The Morgan fingerprint density at radius 3 is 1.37 bits per heavy atom. The Bertz CT molecular complexity index is 634. The van der Waals surface area contributed by atoms with E-state index in [1.54, 1.807) is 0 Å². The molecule has 238 valence electrons. The van der Waals surface area contributed by atoms with E-state index in [4.69, 9.17) is 9.47 Å². The quantitative estimate of drug-likeness (QED) is 0.0688. The van der Waals surface area contributed by atoms with Crippen LogP contribution in [0.5, 0.6) is 0 Å². The molecule has 1 saturated heterocycles. The van der Waals surface area contributed by atoms with Crippen LogP contribution in [0, 0.1) is 0 Å².